The number of hydrogen-bond acceptors (Lipinski definition) is 2. The molecule has 0 aromatic carbocycles. The Hall–Kier alpha value is -0.0800. The van der Waals surface area contributed by atoms with Crippen molar-refractivity contribution in [3.63, 3.8) is 0 Å². The molecular formula is C10H20N2. The molecule has 0 amide bonds. The topological polar surface area (TPSA) is 29.3 Å². The smallest absolute Gasteiger partial charge is 0.0246 e. The van der Waals surface area contributed by atoms with Gasteiger partial charge in [0.15, 0.2) is 0 Å². The Morgan fingerprint density at radius 3 is 2.75 bits per heavy atom. The predicted octanol–water partition coefficient (Wildman–Crippen LogP) is 1.07. The van der Waals surface area contributed by atoms with E-state index in [0.29, 0.717) is 0 Å². The normalized spacial score (nSPS) is 41.0. The lowest BCUT2D eigenvalue weighted by Gasteiger charge is -2.53. The second-order valence-corrected chi connectivity index (χ2v) is 4.40. The first-order valence-corrected chi connectivity index (χ1v) is 5.29. The van der Waals surface area contributed by atoms with E-state index >= 15 is 0 Å². The van der Waals surface area contributed by atoms with Crippen LogP contribution < -0.4 is 5.73 Å². The molecule has 0 radical (unpaired) electrons. The molecule has 0 aromatic rings. The predicted molar refractivity (Wildman–Crippen MR) is 50.9 cm³/mol. The summed E-state index contributed by atoms with van der Waals surface area (Å²) in [5, 5.41) is 0. The molecular weight excluding hydrogens is 148 g/mol. The summed E-state index contributed by atoms with van der Waals surface area (Å²) in [4.78, 5) is 2.61. The zero-order valence-electron chi connectivity index (χ0n) is 8.00. The molecule has 3 aliphatic rings. The van der Waals surface area contributed by atoms with E-state index in [9.17, 15) is 0 Å². The van der Waals surface area contributed by atoms with Gasteiger partial charge in [-0.2, -0.15) is 0 Å². The van der Waals surface area contributed by atoms with Crippen LogP contribution in [0.4, 0.5) is 0 Å². The average molecular weight is 168 g/mol. The van der Waals surface area contributed by atoms with Gasteiger partial charge in [-0.05, 0) is 37.6 Å². The Morgan fingerprint density at radius 2 is 2.17 bits per heavy atom. The summed E-state index contributed by atoms with van der Waals surface area (Å²) < 4.78 is 0. The molecule has 2 N–H and O–H groups in total. The fraction of sp³-hybridized carbons (Fsp3) is 1.00. The van der Waals surface area contributed by atoms with Gasteiger partial charge in [0.05, 0.1) is 0 Å². The van der Waals surface area contributed by atoms with Crippen molar-refractivity contribution in [2.24, 2.45) is 17.6 Å². The van der Waals surface area contributed by atoms with Gasteiger partial charge < -0.3 is 5.73 Å². The fourth-order valence-electron chi connectivity index (χ4n) is 2.90. The van der Waals surface area contributed by atoms with Crippen molar-refractivity contribution >= 4 is 0 Å². The van der Waals surface area contributed by atoms with Crippen LogP contribution in [0.15, 0.2) is 0 Å². The zero-order valence-corrected chi connectivity index (χ0v) is 8.00. The Labute approximate surface area is 75.1 Å². The van der Waals surface area contributed by atoms with Crippen molar-refractivity contribution in [2.75, 3.05) is 19.6 Å². The minimum Gasteiger partial charge on any atom is -0.329 e. The number of piperidine rings is 2. The number of fused-ring (bicyclic) bond motifs is 2. The van der Waals surface area contributed by atoms with Gasteiger partial charge in [0, 0.05) is 19.1 Å². The van der Waals surface area contributed by atoms with Gasteiger partial charge in [0.1, 0.15) is 0 Å². The van der Waals surface area contributed by atoms with Crippen molar-refractivity contribution in [2.45, 2.75) is 32.2 Å². The molecule has 3 fully saturated rings. The highest BCUT2D eigenvalue weighted by molar-refractivity contribution is 4.97. The van der Waals surface area contributed by atoms with Crippen molar-refractivity contribution in [1.82, 2.24) is 4.90 Å². The highest BCUT2D eigenvalue weighted by atomic mass is 15.2. The van der Waals surface area contributed by atoms with Crippen molar-refractivity contribution in [1.29, 1.82) is 0 Å². The van der Waals surface area contributed by atoms with Crippen LogP contribution in [0.2, 0.25) is 0 Å². The van der Waals surface area contributed by atoms with E-state index in [1.54, 1.807) is 0 Å². The first-order chi connectivity index (χ1) is 5.85. The van der Waals surface area contributed by atoms with E-state index in [-0.39, 0.29) is 0 Å². The Morgan fingerprint density at radius 1 is 1.42 bits per heavy atom. The number of nitrogens with two attached hydrogens (primary N) is 1. The van der Waals surface area contributed by atoms with E-state index < -0.39 is 0 Å². The maximum atomic E-state index is 5.80. The first-order valence-electron chi connectivity index (χ1n) is 5.29. The Bertz CT molecular complexity index is 152. The van der Waals surface area contributed by atoms with Gasteiger partial charge in [-0.1, -0.05) is 6.92 Å². The second kappa shape index (κ2) is 3.35. The minimum atomic E-state index is 0.718. The molecule has 70 valence electrons. The van der Waals surface area contributed by atoms with E-state index in [4.69, 9.17) is 5.73 Å². The molecule has 2 bridgehead atoms. The van der Waals surface area contributed by atoms with Gasteiger partial charge in [0.25, 0.3) is 0 Å². The van der Waals surface area contributed by atoms with Gasteiger partial charge in [-0.3, -0.25) is 4.90 Å². The number of hydrogen-bond donors (Lipinski definition) is 1. The summed E-state index contributed by atoms with van der Waals surface area (Å²) in [6.07, 6.45) is 4.19. The molecule has 2 heterocycles. The average Bonchev–Trinajstić information content (AvgIpc) is 2.03. The molecule has 3 rings (SSSR count). The lowest BCUT2D eigenvalue weighted by Crippen LogP contribution is -2.58. The molecule has 1 aliphatic carbocycles. The molecule has 2 aliphatic heterocycles. The third-order valence-corrected chi connectivity index (χ3v) is 3.53. The Kier molecular flexibility index (Phi) is 2.37. The van der Waals surface area contributed by atoms with Gasteiger partial charge in [0.2, 0.25) is 0 Å². The highest BCUT2D eigenvalue weighted by Gasteiger charge is 2.43. The van der Waals surface area contributed by atoms with Crippen LogP contribution in [0.1, 0.15) is 26.2 Å². The molecule has 0 spiro atoms. The summed E-state index contributed by atoms with van der Waals surface area (Å²) in [7, 11) is 0. The molecule has 0 aromatic heterocycles. The quantitative estimate of drug-likeness (QED) is 0.683. The maximum Gasteiger partial charge on any atom is 0.0246 e. The molecule has 1 unspecified atom stereocenters. The van der Waals surface area contributed by atoms with Crippen LogP contribution in [0.5, 0.6) is 0 Å². The van der Waals surface area contributed by atoms with E-state index in [2.05, 4.69) is 11.8 Å². The van der Waals surface area contributed by atoms with Crippen molar-refractivity contribution < 1.29 is 0 Å². The van der Waals surface area contributed by atoms with Gasteiger partial charge >= 0.3 is 0 Å². The van der Waals surface area contributed by atoms with E-state index in [0.717, 1.165) is 24.4 Å². The van der Waals surface area contributed by atoms with Crippen LogP contribution in [-0.2, 0) is 0 Å². The molecule has 1 atom stereocenters. The van der Waals surface area contributed by atoms with Gasteiger partial charge in [-0.25, -0.2) is 0 Å². The van der Waals surface area contributed by atoms with E-state index in [1.165, 1.54) is 32.4 Å². The van der Waals surface area contributed by atoms with E-state index in [1.807, 2.05) is 0 Å². The lowest BCUT2D eigenvalue weighted by molar-refractivity contribution is -0.0257. The van der Waals surface area contributed by atoms with Crippen LogP contribution >= 0.6 is 0 Å². The SMILES string of the molecule is CCCN1CC2CC(C2)C1CN. The Balaban J connectivity index is 1.94. The van der Waals surface area contributed by atoms with Crippen LogP contribution in [-0.4, -0.2) is 30.6 Å². The minimum absolute atomic E-state index is 0.718. The maximum absolute atomic E-state index is 5.80. The summed E-state index contributed by atoms with van der Waals surface area (Å²) in [5.41, 5.74) is 5.80. The van der Waals surface area contributed by atoms with Crippen LogP contribution in [0.3, 0.4) is 0 Å². The number of nitrogens with zero attached hydrogens (tertiary/aromatic N) is 1. The van der Waals surface area contributed by atoms with Gasteiger partial charge in [-0.15, -0.1) is 0 Å². The van der Waals surface area contributed by atoms with Crippen LogP contribution in [0.25, 0.3) is 0 Å². The number of rotatable bonds is 3. The largest absolute Gasteiger partial charge is 0.329 e. The third-order valence-electron chi connectivity index (χ3n) is 3.53. The fourth-order valence-corrected chi connectivity index (χ4v) is 2.90. The summed E-state index contributed by atoms with van der Waals surface area (Å²) in [6.45, 7) is 5.71. The highest BCUT2D eigenvalue weighted by Crippen LogP contribution is 2.43. The molecule has 2 saturated heterocycles. The monoisotopic (exact) mass is 168 g/mol. The molecule has 2 nitrogen and oxygen atoms in total. The first kappa shape index (κ1) is 8.52. The van der Waals surface area contributed by atoms with Crippen molar-refractivity contribution in [3.8, 4) is 0 Å². The van der Waals surface area contributed by atoms with Crippen LogP contribution in [0, 0.1) is 11.8 Å². The van der Waals surface area contributed by atoms with Crippen molar-refractivity contribution in [3.05, 3.63) is 0 Å². The summed E-state index contributed by atoms with van der Waals surface area (Å²) in [6, 6.07) is 0.718. The standard InChI is InChI=1S/C10H20N2/c1-2-3-12-7-8-4-9(5-8)10(12)6-11/h8-10H,2-7,11H2,1H3. The third kappa shape index (κ3) is 1.27. The zero-order chi connectivity index (χ0) is 8.55. The summed E-state index contributed by atoms with van der Waals surface area (Å²) in [5.74, 6) is 1.96. The molecule has 12 heavy (non-hydrogen) atoms. The lowest BCUT2D eigenvalue weighted by atomic mass is 9.66. The molecule has 2 heteroatoms. The second-order valence-electron chi connectivity index (χ2n) is 4.40. The summed E-state index contributed by atoms with van der Waals surface area (Å²) >= 11 is 0. The molecule has 1 saturated carbocycles.